The van der Waals surface area contributed by atoms with Crippen molar-refractivity contribution < 1.29 is 30.0 Å². The highest BCUT2D eigenvalue weighted by molar-refractivity contribution is 5.67. The van der Waals surface area contributed by atoms with Crippen molar-refractivity contribution in [3.05, 3.63) is 0 Å². The molecule has 0 aliphatic heterocycles. The first-order valence-corrected chi connectivity index (χ1v) is 5.54. The van der Waals surface area contributed by atoms with Crippen molar-refractivity contribution in [2.45, 2.75) is 32.2 Å². The lowest BCUT2D eigenvalue weighted by molar-refractivity contribution is -0.0926. The van der Waals surface area contributed by atoms with Crippen LogP contribution in [-0.4, -0.2) is 76.0 Å². The quantitative estimate of drug-likeness (QED) is 0.440. The third kappa shape index (κ3) is 5.31. The summed E-state index contributed by atoms with van der Waals surface area (Å²) in [4.78, 5) is 12.8. The molecular formula is C10H21NO6. The Morgan fingerprint density at radius 2 is 1.71 bits per heavy atom. The fraction of sp³-hybridized carbons (Fsp3) is 0.900. The van der Waals surface area contributed by atoms with Crippen LogP contribution in [0.25, 0.3) is 0 Å². The van der Waals surface area contributed by atoms with Gasteiger partial charge in [-0.05, 0) is 13.8 Å². The first-order chi connectivity index (χ1) is 7.97. The van der Waals surface area contributed by atoms with Gasteiger partial charge in [0.25, 0.3) is 0 Å². The molecule has 17 heavy (non-hydrogen) atoms. The van der Waals surface area contributed by atoms with E-state index in [1.165, 1.54) is 4.90 Å². The number of nitrogens with zero attached hydrogens (tertiary/aromatic N) is 1. The predicted octanol–water partition coefficient (Wildman–Crippen LogP) is -1.46. The highest BCUT2D eigenvalue weighted by Gasteiger charge is 2.25. The van der Waals surface area contributed by atoms with Crippen LogP contribution >= 0.6 is 0 Å². The largest absolute Gasteiger partial charge is 0.447 e. The minimum absolute atomic E-state index is 0.437. The maximum absolute atomic E-state index is 11.4. The fourth-order valence-electron chi connectivity index (χ4n) is 1.19. The van der Waals surface area contributed by atoms with Crippen LogP contribution in [-0.2, 0) is 4.74 Å². The van der Waals surface area contributed by atoms with Gasteiger partial charge in [-0.1, -0.05) is 0 Å². The summed E-state index contributed by atoms with van der Waals surface area (Å²) in [6.45, 7) is 3.41. The summed E-state index contributed by atoms with van der Waals surface area (Å²) in [7, 11) is 0. The molecule has 0 aliphatic rings. The Kier molecular flexibility index (Phi) is 7.81. The van der Waals surface area contributed by atoms with Crippen LogP contribution in [0.1, 0.15) is 13.8 Å². The molecule has 4 N–H and O–H groups in total. The zero-order chi connectivity index (χ0) is 13.4. The molecule has 0 aliphatic carbocycles. The van der Waals surface area contributed by atoms with E-state index in [0.717, 1.165) is 0 Å². The van der Waals surface area contributed by atoms with Crippen molar-refractivity contribution >= 4 is 6.09 Å². The summed E-state index contributed by atoms with van der Waals surface area (Å²) >= 11 is 0. The standard InChI is InChI=1S/C10H21NO6/c1-3-11(4-2)10(16)17-6-8(14)9(15)7(13)5-12/h7-9,12-15H,3-6H2,1-2H3/t7-,8+,9+/m1/s1. The Morgan fingerprint density at radius 3 is 2.12 bits per heavy atom. The minimum Gasteiger partial charge on any atom is -0.447 e. The summed E-state index contributed by atoms with van der Waals surface area (Å²) < 4.78 is 4.75. The summed E-state index contributed by atoms with van der Waals surface area (Å²) in [6, 6.07) is 0. The van der Waals surface area contributed by atoms with Gasteiger partial charge in [-0.25, -0.2) is 4.79 Å². The number of rotatable bonds is 7. The van der Waals surface area contributed by atoms with Crippen molar-refractivity contribution in [1.82, 2.24) is 4.90 Å². The SMILES string of the molecule is CCN(CC)C(=O)OC[C@H](O)[C@@H](O)[C@H](O)CO. The van der Waals surface area contributed by atoms with Crippen molar-refractivity contribution in [3.63, 3.8) is 0 Å². The van der Waals surface area contributed by atoms with Crippen molar-refractivity contribution in [2.75, 3.05) is 26.3 Å². The lowest BCUT2D eigenvalue weighted by Crippen LogP contribution is -2.43. The van der Waals surface area contributed by atoms with Crippen LogP contribution < -0.4 is 0 Å². The van der Waals surface area contributed by atoms with E-state index in [2.05, 4.69) is 0 Å². The summed E-state index contributed by atoms with van der Waals surface area (Å²) in [5, 5.41) is 36.3. The van der Waals surface area contributed by atoms with Crippen LogP contribution in [0, 0.1) is 0 Å². The maximum Gasteiger partial charge on any atom is 0.409 e. The Balaban J connectivity index is 4.06. The Morgan fingerprint density at radius 1 is 1.18 bits per heavy atom. The molecule has 7 nitrogen and oxygen atoms in total. The van der Waals surface area contributed by atoms with Gasteiger partial charge in [-0.3, -0.25) is 0 Å². The van der Waals surface area contributed by atoms with E-state index >= 15 is 0 Å². The monoisotopic (exact) mass is 251 g/mol. The summed E-state index contributed by atoms with van der Waals surface area (Å²) in [6.07, 6.45) is -5.04. The van der Waals surface area contributed by atoms with Gasteiger partial charge in [0.05, 0.1) is 6.61 Å². The second kappa shape index (κ2) is 8.24. The Hall–Kier alpha value is -0.890. The molecule has 0 saturated heterocycles. The van der Waals surface area contributed by atoms with E-state index in [4.69, 9.17) is 14.9 Å². The van der Waals surface area contributed by atoms with E-state index in [9.17, 15) is 15.0 Å². The lowest BCUT2D eigenvalue weighted by atomic mass is 10.1. The highest BCUT2D eigenvalue weighted by Crippen LogP contribution is 2.02. The molecule has 0 aromatic carbocycles. The molecule has 0 radical (unpaired) electrons. The van der Waals surface area contributed by atoms with Gasteiger partial charge in [-0.2, -0.15) is 0 Å². The van der Waals surface area contributed by atoms with Gasteiger partial charge in [0.2, 0.25) is 0 Å². The average molecular weight is 251 g/mol. The fourth-order valence-corrected chi connectivity index (χ4v) is 1.19. The number of aliphatic hydroxyl groups is 4. The van der Waals surface area contributed by atoms with Gasteiger partial charge in [0, 0.05) is 13.1 Å². The molecule has 0 rings (SSSR count). The van der Waals surface area contributed by atoms with Crippen LogP contribution in [0.5, 0.6) is 0 Å². The number of aliphatic hydroxyl groups excluding tert-OH is 4. The van der Waals surface area contributed by atoms with Crippen molar-refractivity contribution in [2.24, 2.45) is 0 Å². The zero-order valence-corrected chi connectivity index (χ0v) is 10.1. The first kappa shape index (κ1) is 16.1. The van der Waals surface area contributed by atoms with Crippen LogP contribution in [0.3, 0.4) is 0 Å². The van der Waals surface area contributed by atoms with E-state index in [0.29, 0.717) is 13.1 Å². The molecule has 0 aromatic heterocycles. The van der Waals surface area contributed by atoms with E-state index in [-0.39, 0.29) is 0 Å². The molecule has 1 amide bonds. The summed E-state index contributed by atoms with van der Waals surface area (Å²) in [5.74, 6) is 0. The number of carbonyl (C=O) groups excluding carboxylic acids is 1. The van der Waals surface area contributed by atoms with Gasteiger partial charge in [0.15, 0.2) is 0 Å². The number of hydrogen-bond acceptors (Lipinski definition) is 6. The number of carbonyl (C=O) groups is 1. The third-order valence-corrected chi connectivity index (χ3v) is 2.37. The average Bonchev–Trinajstić information content (AvgIpc) is 2.35. The highest BCUT2D eigenvalue weighted by atomic mass is 16.6. The third-order valence-electron chi connectivity index (χ3n) is 2.37. The van der Waals surface area contributed by atoms with Crippen molar-refractivity contribution in [3.8, 4) is 0 Å². The van der Waals surface area contributed by atoms with Crippen LogP contribution in [0.15, 0.2) is 0 Å². The topological polar surface area (TPSA) is 110 Å². The van der Waals surface area contributed by atoms with Gasteiger partial charge in [0.1, 0.15) is 24.9 Å². The van der Waals surface area contributed by atoms with Gasteiger partial charge in [-0.15, -0.1) is 0 Å². The molecule has 0 aromatic rings. The van der Waals surface area contributed by atoms with E-state index < -0.39 is 37.6 Å². The molecular weight excluding hydrogens is 230 g/mol. The van der Waals surface area contributed by atoms with Crippen LogP contribution in [0.2, 0.25) is 0 Å². The maximum atomic E-state index is 11.4. The second-order valence-electron chi connectivity index (χ2n) is 3.56. The van der Waals surface area contributed by atoms with Crippen molar-refractivity contribution in [1.29, 1.82) is 0 Å². The Bertz CT molecular complexity index is 221. The molecule has 0 saturated carbocycles. The zero-order valence-electron chi connectivity index (χ0n) is 10.1. The van der Waals surface area contributed by atoms with Gasteiger partial charge >= 0.3 is 6.09 Å². The molecule has 0 bridgehead atoms. The molecule has 0 unspecified atom stereocenters. The molecule has 102 valence electrons. The molecule has 0 spiro atoms. The smallest absolute Gasteiger partial charge is 0.409 e. The van der Waals surface area contributed by atoms with E-state index in [1.807, 2.05) is 0 Å². The predicted molar refractivity (Wildman–Crippen MR) is 59.4 cm³/mol. The Labute approximate surface area is 100 Å². The van der Waals surface area contributed by atoms with Gasteiger partial charge < -0.3 is 30.1 Å². The molecule has 0 fully saturated rings. The lowest BCUT2D eigenvalue weighted by Gasteiger charge is -2.23. The summed E-state index contributed by atoms with van der Waals surface area (Å²) in [5.41, 5.74) is 0. The minimum atomic E-state index is -1.55. The normalized spacial score (nSPS) is 16.1. The first-order valence-electron chi connectivity index (χ1n) is 5.54. The van der Waals surface area contributed by atoms with Crippen LogP contribution in [0.4, 0.5) is 4.79 Å². The molecule has 7 heteroatoms. The number of hydrogen-bond donors (Lipinski definition) is 4. The molecule has 3 atom stereocenters. The van der Waals surface area contributed by atoms with E-state index in [1.54, 1.807) is 13.8 Å². The number of ether oxygens (including phenoxy) is 1. The second-order valence-corrected chi connectivity index (χ2v) is 3.56. The molecule has 0 heterocycles. The number of amides is 1.